The third kappa shape index (κ3) is 6.40. The average Bonchev–Trinajstić information content (AvgIpc) is 2.26. The molecule has 0 aliphatic rings. The molecule has 0 aromatic heterocycles. The third-order valence-corrected chi connectivity index (χ3v) is 1.85. The van der Waals surface area contributed by atoms with Gasteiger partial charge in [-0.2, -0.15) is 0 Å². The maximum Gasteiger partial charge on any atom is 0.334 e. The first-order valence-electron chi connectivity index (χ1n) is 5.52. The predicted molar refractivity (Wildman–Crippen MR) is 66.2 cm³/mol. The minimum atomic E-state index is -0.405. The zero-order valence-electron chi connectivity index (χ0n) is 10.5. The summed E-state index contributed by atoms with van der Waals surface area (Å²) in [5.74, 6) is -0.405. The fraction of sp³-hybridized carbons (Fsp3) is 0.357. The van der Waals surface area contributed by atoms with E-state index >= 15 is 0 Å². The molecule has 0 saturated heterocycles. The highest BCUT2D eigenvalue weighted by Gasteiger charge is 2.07. The fourth-order valence-corrected chi connectivity index (χ4v) is 1.07. The van der Waals surface area contributed by atoms with Crippen molar-refractivity contribution < 1.29 is 14.3 Å². The van der Waals surface area contributed by atoms with Crippen LogP contribution in [0.5, 0.6) is 0 Å². The van der Waals surface area contributed by atoms with Crippen molar-refractivity contribution in [3.8, 4) is 0 Å². The average molecular weight is 234 g/mol. The Labute approximate surface area is 102 Å². The largest absolute Gasteiger partial charge is 0.495 e. The Morgan fingerprint density at radius 1 is 1.24 bits per heavy atom. The molecule has 0 aliphatic heterocycles. The van der Waals surface area contributed by atoms with E-state index in [0.29, 0.717) is 0 Å². The van der Waals surface area contributed by atoms with E-state index in [1.807, 2.05) is 51.1 Å². The van der Waals surface area contributed by atoms with Gasteiger partial charge in [0.2, 0.25) is 0 Å². The van der Waals surface area contributed by atoms with E-state index in [1.54, 1.807) is 0 Å². The molecule has 0 radical (unpaired) electrons. The van der Waals surface area contributed by atoms with Crippen molar-refractivity contribution in [2.45, 2.75) is 33.0 Å². The molecule has 0 amide bonds. The molecule has 0 spiro atoms. The minimum Gasteiger partial charge on any atom is -0.495 e. The van der Waals surface area contributed by atoms with E-state index < -0.39 is 5.97 Å². The first kappa shape index (κ1) is 13.3. The summed E-state index contributed by atoms with van der Waals surface area (Å²) in [4.78, 5) is 11.3. The van der Waals surface area contributed by atoms with Gasteiger partial charge in [0.25, 0.3) is 0 Å². The predicted octanol–water partition coefficient (Wildman–Crippen LogP) is 3.06. The summed E-state index contributed by atoms with van der Waals surface area (Å²) >= 11 is 0. The molecular formula is C14H18O3. The molecule has 0 unspecified atom stereocenters. The smallest absolute Gasteiger partial charge is 0.334 e. The number of hydrogen-bond acceptors (Lipinski definition) is 3. The summed E-state index contributed by atoms with van der Waals surface area (Å²) in [5.41, 5.74) is 0.668. The number of carbonyl (C=O) groups is 1. The number of rotatable bonds is 4. The van der Waals surface area contributed by atoms with Crippen LogP contribution in [0.25, 0.3) is 0 Å². The van der Waals surface area contributed by atoms with Crippen molar-refractivity contribution >= 4 is 5.97 Å². The van der Waals surface area contributed by atoms with Crippen LogP contribution in [-0.2, 0) is 20.9 Å². The Hall–Kier alpha value is -1.77. The molecule has 0 heterocycles. The van der Waals surface area contributed by atoms with Crippen LogP contribution in [0.15, 0.2) is 42.7 Å². The fourth-order valence-electron chi connectivity index (χ4n) is 1.07. The van der Waals surface area contributed by atoms with E-state index in [0.717, 1.165) is 5.56 Å². The highest BCUT2D eigenvalue weighted by atomic mass is 16.5. The van der Waals surface area contributed by atoms with E-state index in [2.05, 4.69) is 0 Å². The second-order valence-electron chi connectivity index (χ2n) is 4.63. The Bertz CT molecular complexity index is 374. The summed E-state index contributed by atoms with van der Waals surface area (Å²) in [7, 11) is 0. The van der Waals surface area contributed by atoms with Gasteiger partial charge in [0.05, 0.1) is 17.9 Å². The molecule has 0 fully saturated rings. The summed E-state index contributed by atoms with van der Waals surface area (Å²) in [6, 6.07) is 9.54. The number of ether oxygens (including phenoxy) is 2. The Morgan fingerprint density at radius 3 is 2.47 bits per heavy atom. The van der Waals surface area contributed by atoms with E-state index in [9.17, 15) is 4.79 Å². The van der Waals surface area contributed by atoms with Crippen LogP contribution >= 0.6 is 0 Å². The maximum absolute atomic E-state index is 11.3. The van der Waals surface area contributed by atoms with E-state index in [4.69, 9.17) is 9.47 Å². The minimum absolute atomic E-state index is 0.277. The molecule has 0 atom stereocenters. The third-order valence-electron chi connectivity index (χ3n) is 1.85. The van der Waals surface area contributed by atoms with Crippen molar-refractivity contribution in [1.82, 2.24) is 0 Å². The van der Waals surface area contributed by atoms with Gasteiger partial charge in [0.1, 0.15) is 6.61 Å². The van der Waals surface area contributed by atoms with Crippen molar-refractivity contribution in [3.63, 3.8) is 0 Å². The van der Waals surface area contributed by atoms with Crippen LogP contribution in [0.3, 0.4) is 0 Å². The van der Waals surface area contributed by atoms with E-state index in [1.165, 1.54) is 12.3 Å². The molecule has 92 valence electrons. The molecule has 17 heavy (non-hydrogen) atoms. The van der Waals surface area contributed by atoms with Gasteiger partial charge in [-0.25, -0.2) is 4.79 Å². The van der Waals surface area contributed by atoms with Crippen LogP contribution in [0, 0.1) is 0 Å². The molecule has 0 aliphatic carbocycles. The standard InChI is InChI=1S/C14H18O3/c1-14(2,3)17-10-9-13(15)16-11-12-7-5-4-6-8-12/h4-10H,11H2,1-3H3. The number of esters is 1. The van der Waals surface area contributed by atoms with Gasteiger partial charge in [-0.3, -0.25) is 0 Å². The van der Waals surface area contributed by atoms with Crippen molar-refractivity contribution in [3.05, 3.63) is 48.2 Å². The molecule has 1 rings (SSSR count). The quantitative estimate of drug-likeness (QED) is 0.456. The molecule has 0 saturated carbocycles. The number of hydrogen-bond donors (Lipinski definition) is 0. The Kier molecular flexibility index (Phi) is 4.76. The monoisotopic (exact) mass is 234 g/mol. The van der Waals surface area contributed by atoms with Crippen LogP contribution in [0.2, 0.25) is 0 Å². The van der Waals surface area contributed by atoms with Gasteiger partial charge in [-0.05, 0) is 26.3 Å². The zero-order chi connectivity index (χ0) is 12.7. The highest BCUT2D eigenvalue weighted by molar-refractivity contribution is 5.81. The maximum atomic E-state index is 11.3. The lowest BCUT2D eigenvalue weighted by Crippen LogP contribution is -2.15. The van der Waals surface area contributed by atoms with Gasteiger partial charge < -0.3 is 9.47 Å². The van der Waals surface area contributed by atoms with Crippen molar-refractivity contribution in [1.29, 1.82) is 0 Å². The van der Waals surface area contributed by atoms with Gasteiger partial charge >= 0.3 is 5.97 Å². The van der Waals surface area contributed by atoms with Gasteiger partial charge in [-0.15, -0.1) is 0 Å². The molecule has 1 aromatic rings. The molecule has 3 heteroatoms. The molecular weight excluding hydrogens is 216 g/mol. The summed E-state index contributed by atoms with van der Waals surface area (Å²) in [6.45, 7) is 6.01. The topological polar surface area (TPSA) is 35.5 Å². The van der Waals surface area contributed by atoms with Gasteiger partial charge in [0.15, 0.2) is 0 Å². The van der Waals surface area contributed by atoms with Crippen LogP contribution in [-0.4, -0.2) is 11.6 Å². The zero-order valence-corrected chi connectivity index (χ0v) is 10.5. The lowest BCUT2D eigenvalue weighted by Gasteiger charge is -2.17. The first-order chi connectivity index (χ1) is 7.97. The summed E-state index contributed by atoms with van der Waals surface area (Å²) in [5, 5.41) is 0. The van der Waals surface area contributed by atoms with E-state index in [-0.39, 0.29) is 12.2 Å². The van der Waals surface area contributed by atoms with Gasteiger partial charge in [0, 0.05) is 0 Å². The van der Waals surface area contributed by atoms with Gasteiger partial charge in [-0.1, -0.05) is 30.3 Å². The summed E-state index contributed by atoms with van der Waals surface area (Å²) < 4.78 is 10.3. The Morgan fingerprint density at radius 2 is 1.88 bits per heavy atom. The second-order valence-corrected chi connectivity index (χ2v) is 4.63. The van der Waals surface area contributed by atoms with Crippen molar-refractivity contribution in [2.24, 2.45) is 0 Å². The molecule has 3 nitrogen and oxygen atoms in total. The normalized spacial score (nSPS) is 11.5. The second kappa shape index (κ2) is 6.09. The van der Waals surface area contributed by atoms with Crippen LogP contribution in [0.1, 0.15) is 26.3 Å². The van der Waals surface area contributed by atoms with Crippen LogP contribution in [0.4, 0.5) is 0 Å². The lowest BCUT2D eigenvalue weighted by molar-refractivity contribution is -0.139. The Balaban J connectivity index is 2.31. The first-order valence-corrected chi connectivity index (χ1v) is 5.52. The molecule has 0 bridgehead atoms. The molecule has 0 N–H and O–H groups in total. The molecule has 1 aromatic carbocycles. The van der Waals surface area contributed by atoms with Crippen LogP contribution < -0.4 is 0 Å². The SMILES string of the molecule is CC(C)(C)OC=CC(=O)OCc1ccccc1. The number of benzene rings is 1. The lowest BCUT2D eigenvalue weighted by atomic mass is 10.2. The summed E-state index contributed by atoms with van der Waals surface area (Å²) in [6.07, 6.45) is 2.65. The highest BCUT2D eigenvalue weighted by Crippen LogP contribution is 2.07. The number of carbonyl (C=O) groups excluding carboxylic acids is 1. The van der Waals surface area contributed by atoms with Crippen molar-refractivity contribution in [2.75, 3.05) is 0 Å².